The number of carbonyl (C=O) groups is 2. The molecule has 2 atom stereocenters. The fourth-order valence-electron chi connectivity index (χ4n) is 3.73. The van der Waals surface area contributed by atoms with Crippen molar-refractivity contribution in [1.29, 1.82) is 0 Å². The zero-order valence-electron chi connectivity index (χ0n) is 12.2. The van der Waals surface area contributed by atoms with E-state index in [1.54, 1.807) is 0 Å². The van der Waals surface area contributed by atoms with Crippen LogP contribution in [-0.2, 0) is 9.59 Å². The molecule has 19 heavy (non-hydrogen) atoms. The lowest BCUT2D eigenvalue weighted by molar-refractivity contribution is -0.136. The second kappa shape index (κ2) is 6.14. The molecule has 0 amide bonds. The molecule has 1 saturated carbocycles. The topological polar surface area (TPSA) is 49.4 Å². The molecule has 0 radical (unpaired) electrons. The standard InChI is InChI=1S/C15H26N2O2/c1-3-13(18)12-6-5-7-15(10-12,14(19)4-2)17-9-8-16-11-17/h12,16H,3-11H2,1-2H3. The van der Waals surface area contributed by atoms with Crippen molar-refractivity contribution >= 4 is 11.6 Å². The summed E-state index contributed by atoms with van der Waals surface area (Å²) in [6, 6.07) is 0. The van der Waals surface area contributed by atoms with Crippen LogP contribution in [0.3, 0.4) is 0 Å². The maximum atomic E-state index is 12.6. The first-order valence-electron chi connectivity index (χ1n) is 7.66. The van der Waals surface area contributed by atoms with Gasteiger partial charge >= 0.3 is 0 Å². The second-order valence-electron chi connectivity index (χ2n) is 5.84. The van der Waals surface area contributed by atoms with Crippen molar-refractivity contribution < 1.29 is 9.59 Å². The van der Waals surface area contributed by atoms with E-state index in [4.69, 9.17) is 0 Å². The summed E-state index contributed by atoms with van der Waals surface area (Å²) < 4.78 is 0. The Bertz CT molecular complexity index is 350. The van der Waals surface area contributed by atoms with E-state index >= 15 is 0 Å². The van der Waals surface area contributed by atoms with Crippen molar-refractivity contribution in [2.45, 2.75) is 57.9 Å². The summed E-state index contributed by atoms with van der Waals surface area (Å²) in [5.74, 6) is 0.750. The molecule has 2 rings (SSSR count). The molecule has 1 heterocycles. The van der Waals surface area contributed by atoms with Gasteiger partial charge in [-0.3, -0.25) is 14.5 Å². The average Bonchev–Trinajstić information content (AvgIpc) is 3.00. The first-order chi connectivity index (χ1) is 9.14. The Kier molecular flexibility index (Phi) is 4.74. The van der Waals surface area contributed by atoms with E-state index < -0.39 is 0 Å². The van der Waals surface area contributed by atoms with Crippen LogP contribution in [0.25, 0.3) is 0 Å². The van der Waals surface area contributed by atoms with Crippen LogP contribution in [0.15, 0.2) is 0 Å². The first kappa shape index (κ1) is 14.7. The molecule has 0 bridgehead atoms. The largest absolute Gasteiger partial charge is 0.303 e. The first-order valence-corrected chi connectivity index (χ1v) is 7.66. The van der Waals surface area contributed by atoms with Crippen molar-refractivity contribution in [3.05, 3.63) is 0 Å². The van der Waals surface area contributed by atoms with Crippen molar-refractivity contribution in [3.8, 4) is 0 Å². The summed E-state index contributed by atoms with van der Waals surface area (Å²) >= 11 is 0. The molecule has 0 aromatic heterocycles. The highest BCUT2D eigenvalue weighted by Gasteiger charge is 2.47. The predicted molar refractivity (Wildman–Crippen MR) is 74.9 cm³/mol. The SMILES string of the molecule is CCC(=O)C1CCCC(C(=O)CC)(N2CCNC2)C1. The fraction of sp³-hybridized carbons (Fsp3) is 0.867. The molecule has 2 unspecified atom stereocenters. The van der Waals surface area contributed by atoms with Crippen LogP contribution in [0.1, 0.15) is 52.4 Å². The van der Waals surface area contributed by atoms with Crippen molar-refractivity contribution in [2.75, 3.05) is 19.8 Å². The Labute approximate surface area is 115 Å². The summed E-state index contributed by atoms with van der Waals surface area (Å²) in [5, 5.41) is 3.32. The third kappa shape index (κ3) is 2.75. The minimum absolute atomic E-state index is 0.0925. The summed E-state index contributed by atoms with van der Waals surface area (Å²) in [5.41, 5.74) is -0.369. The van der Waals surface area contributed by atoms with Gasteiger partial charge in [-0.2, -0.15) is 0 Å². The number of Topliss-reactive ketones (excluding diaryl/α,β-unsaturated/α-hetero) is 2. The highest BCUT2D eigenvalue weighted by atomic mass is 16.1. The molecule has 0 spiro atoms. The molecule has 1 N–H and O–H groups in total. The Morgan fingerprint density at radius 2 is 2.11 bits per heavy atom. The van der Waals surface area contributed by atoms with E-state index in [-0.39, 0.29) is 11.5 Å². The van der Waals surface area contributed by atoms with Gasteiger partial charge < -0.3 is 5.32 Å². The van der Waals surface area contributed by atoms with Crippen molar-refractivity contribution in [3.63, 3.8) is 0 Å². The van der Waals surface area contributed by atoms with Crippen LogP contribution in [-0.4, -0.2) is 41.8 Å². The van der Waals surface area contributed by atoms with Gasteiger partial charge in [-0.15, -0.1) is 0 Å². The van der Waals surface area contributed by atoms with E-state index in [0.717, 1.165) is 45.4 Å². The molecular formula is C15H26N2O2. The van der Waals surface area contributed by atoms with Gasteiger partial charge in [-0.1, -0.05) is 20.3 Å². The minimum atomic E-state index is -0.369. The van der Waals surface area contributed by atoms with Crippen LogP contribution in [0.4, 0.5) is 0 Å². The smallest absolute Gasteiger partial charge is 0.152 e. The maximum Gasteiger partial charge on any atom is 0.152 e. The molecule has 2 aliphatic rings. The Hall–Kier alpha value is -0.740. The highest BCUT2D eigenvalue weighted by molar-refractivity contribution is 5.90. The average molecular weight is 266 g/mol. The number of nitrogens with zero attached hydrogens (tertiary/aromatic N) is 1. The van der Waals surface area contributed by atoms with Gasteiger partial charge in [0.25, 0.3) is 0 Å². The number of rotatable bonds is 5. The molecule has 0 aromatic carbocycles. The van der Waals surface area contributed by atoms with Gasteiger partial charge in [0.15, 0.2) is 5.78 Å². The van der Waals surface area contributed by atoms with Crippen LogP contribution < -0.4 is 5.32 Å². The van der Waals surface area contributed by atoms with Gasteiger partial charge in [0.05, 0.1) is 5.54 Å². The van der Waals surface area contributed by atoms with Crippen LogP contribution >= 0.6 is 0 Å². The Morgan fingerprint density at radius 1 is 1.32 bits per heavy atom. The van der Waals surface area contributed by atoms with Gasteiger partial charge in [-0.05, 0) is 19.3 Å². The molecule has 4 heteroatoms. The second-order valence-corrected chi connectivity index (χ2v) is 5.84. The van der Waals surface area contributed by atoms with E-state index in [1.165, 1.54) is 0 Å². The molecule has 4 nitrogen and oxygen atoms in total. The van der Waals surface area contributed by atoms with E-state index in [1.807, 2.05) is 13.8 Å². The van der Waals surface area contributed by atoms with Crippen LogP contribution in [0, 0.1) is 5.92 Å². The summed E-state index contributed by atoms with van der Waals surface area (Å²) in [7, 11) is 0. The minimum Gasteiger partial charge on any atom is -0.303 e. The molecule has 1 aliphatic carbocycles. The molecule has 2 fully saturated rings. The van der Waals surface area contributed by atoms with Gasteiger partial charge in [0.1, 0.15) is 5.78 Å². The number of hydrogen-bond acceptors (Lipinski definition) is 4. The van der Waals surface area contributed by atoms with Crippen molar-refractivity contribution in [1.82, 2.24) is 10.2 Å². The number of hydrogen-bond donors (Lipinski definition) is 1. The number of nitrogens with one attached hydrogen (secondary N) is 1. The molecule has 108 valence electrons. The molecule has 1 aliphatic heterocycles. The van der Waals surface area contributed by atoms with Crippen molar-refractivity contribution in [2.24, 2.45) is 5.92 Å². The lowest BCUT2D eigenvalue weighted by Gasteiger charge is -2.45. The number of carbonyl (C=O) groups excluding carboxylic acids is 2. The predicted octanol–water partition coefficient (Wildman–Crippen LogP) is 1.74. The van der Waals surface area contributed by atoms with Crippen LogP contribution in [0.5, 0.6) is 0 Å². The maximum absolute atomic E-state index is 12.6. The monoisotopic (exact) mass is 266 g/mol. The third-order valence-electron chi connectivity index (χ3n) is 4.84. The quantitative estimate of drug-likeness (QED) is 0.823. The Balaban J connectivity index is 2.21. The normalized spacial score (nSPS) is 32.4. The zero-order valence-corrected chi connectivity index (χ0v) is 12.2. The van der Waals surface area contributed by atoms with E-state index in [2.05, 4.69) is 10.2 Å². The van der Waals surface area contributed by atoms with Gasteiger partial charge in [-0.25, -0.2) is 0 Å². The fourth-order valence-corrected chi connectivity index (χ4v) is 3.73. The van der Waals surface area contributed by atoms with E-state index in [9.17, 15) is 9.59 Å². The third-order valence-corrected chi connectivity index (χ3v) is 4.84. The van der Waals surface area contributed by atoms with Gasteiger partial charge in [0.2, 0.25) is 0 Å². The molecule has 1 saturated heterocycles. The summed E-state index contributed by atoms with van der Waals surface area (Å²) in [6.45, 7) is 6.54. The Morgan fingerprint density at radius 3 is 2.68 bits per heavy atom. The number of ketones is 2. The lowest BCUT2D eigenvalue weighted by Crippen LogP contribution is -2.57. The van der Waals surface area contributed by atoms with Crippen LogP contribution in [0.2, 0.25) is 0 Å². The summed E-state index contributed by atoms with van der Waals surface area (Å²) in [4.78, 5) is 26.9. The highest BCUT2D eigenvalue weighted by Crippen LogP contribution is 2.39. The van der Waals surface area contributed by atoms with E-state index in [0.29, 0.717) is 24.4 Å². The zero-order chi connectivity index (χ0) is 13.9. The molecule has 0 aromatic rings. The molecular weight excluding hydrogens is 240 g/mol. The van der Waals surface area contributed by atoms with Gasteiger partial charge in [0, 0.05) is 38.5 Å². The lowest BCUT2D eigenvalue weighted by atomic mass is 9.70. The summed E-state index contributed by atoms with van der Waals surface area (Å²) in [6.07, 6.45) is 4.80.